The van der Waals surface area contributed by atoms with Crippen molar-refractivity contribution in [2.45, 2.75) is 49.1 Å². The predicted octanol–water partition coefficient (Wildman–Crippen LogP) is -4.75. The van der Waals surface area contributed by atoms with Crippen LogP contribution in [-0.2, 0) is 38.2 Å². The standard InChI is InChI=1S/C26H39BN6O10/c1-17(23(38)33-4-2-3-18(33)27(39)40)28-19(34)9-29-5-6-31-11-22(37)43-26(16-31)14-30-7-8-32-12-21(36)42-25(13-29,15-32)24(26)41-20(35)10-30/h17-18,24,39-40H,2-16H2,1H3,(H,28,34)/t17-,18+,24?,25?,26?/m1/s1. The molecular weight excluding hydrogens is 567 g/mol. The first kappa shape index (κ1) is 30.2. The summed E-state index contributed by atoms with van der Waals surface area (Å²) >= 11 is 0. The van der Waals surface area contributed by atoms with Crippen molar-refractivity contribution in [3.05, 3.63) is 0 Å². The number of esters is 3. The third-order valence-electron chi connectivity index (χ3n) is 9.37. The minimum Gasteiger partial charge on any atom is -0.453 e. The van der Waals surface area contributed by atoms with E-state index in [1.165, 1.54) is 4.90 Å². The van der Waals surface area contributed by atoms with Gasteiger partial charge >= 0.3 is 25.0 Å². The van der Waals surface area contributed by atoms with Crippen LogP contribution >= 0.6 is 0 Å². The second kappa shape index (κ2) is 11.6. The molecule has 6 unspecified atom stereocenters. The maximum absolute atomic E-state index is 13.3. The van der Waals surface area contributed by atoms with E-state index in [0.29, 0.717) is 45.6 Å². The first-order valence-electron chi connectivity index (χ1n) is 14.9. The molecule has 6 aliphatic rings. The van der Waals surface area contributed by atoms with Crippen molar-refractivity contribution in [1.82, 2.24) is 29.8 Å². The van der Waals surface area contributed by atoms with Gasteiger partial charge in [0.15, 0.2) is 17.3 Å². The molecule has 0 aromatic rings. The van der Waals surface area contributed by atoms with Gasteiger partial charge in [-0.2, -0.15) is 0 Å². The van der Waals surface area contributed by atoms with Crippen molar-refractivity contribution in [2.24, 2.45) is 0 Å². The average Bonchev–Trinajstić information content (AvgIpc) is 3.38. The number of morpholine rings is 2. The highest BCUT2D eigenvalue weighted by Gasteiger charge is 2.65. The Balaban J connectivity index is 1.27. The predicted molar refractivity (Wildman–Crippen MR) is 146 cm³/mol. The lowest BCUT2D eigenvalue weighted by atomic mass is 9.78. The van der Waals surface area contributed by atoms with Crippen LogP contribution in [0.1, 0.15) is 19.8 Å². The molecule has 6 bridgehead atoms. The zero-order chi connectivity index (χ0) is 30.5. The fraction of sp³-hybridized carbons (Fsp3) is 0.808. The Morgan fingerprint density at radius 2 is 1.44 bits per heavy atom. The molecule has 3 N–H and O–H groups in total. The van der Waals surface area contributed by atoms with E-state index >= 15 is 0 Å². The van der Waals surface area contributed by atoms with Gasteiger partial charge in [0.1, 0.15) is 6.04 Å². The number of nitrogens with zero attached hydrogens (tertiary/aromatic N) is 5. The number of nitrogens with one attached hydrogen (secondary N) is 1. The Labute approximate surface area is 249 Å². The summed E-state index contributed by atoms with van der Waals surface area (Å²) in [4.78, 5) is 74.4. The minimum absolute atomic E-state index is 0.0108. The topological polar surface area (TPSA) is 182 Å². The summed E-state index contributed by atoms with van der Waals surface area (Å²) < 4.78 is 18.2. The Bertz CT molecular complexity index is 1180. The van der Waals surface area contributed by atoms with E-state index in [4.69, 9.17) is 14.2 Å². The minimum atomic E-state index is -1.66. The van der Waals surface area contributed by atoms with E-state index in [-0.39, 0.29) is 52.4 Å². The Morgan fingerprint density at radius 3 is 2.05 bits per heavy atom. The second-order valence-electron chi connectivity index (χ2n) is 12.7. The summed E-state index contributed by atoms with van der Waals surface area (Å²) in [5.41, 5.74) is -2.71. The lowest BCUT2D eigenvalue weighted by Gasteiger charge is -2.52. The monoisotopic (exact) mass is 606 g/mol. The molecule has 6 heterocycles. The number of carbonyl (C=O) groups excluding carboxylic acids is 5. The van der Waals surface area contributed by atoms with Crippen molar-refractivity contribution in [2.75, 3.05) is 85.1 Å². The molecule has 6 fully saturated rings. The first-order chi connectivity index (χ1) is 20.4. The molecule has 2 amide bonds. The fourth-order valence-electron chi connectivity index (χ4n) is 7.71. The van der Waals surface area contributed by atoms with Gasteiger partial charge in [0.05, 0.1) is 32.1 Å². The van der Waals surface area contributed by atoms with Gasteiger partial charge in [-0.1, -0.05) is 0 Å². The number of rotatable bonds is 5. The summed E-state index contributed by atoms with van der Waals surface area (Å²) in [6, 6.07) is -0.915. The number of fused-ring (bicyclic) bond motifs is 3. The molecule has 17 heteroatoms. The number of hydrogen-bond donors (Lipinski definition) is 3. The zero-order valence-corrected chi connectivity index (χ0v) is 24.3. The molecule has 6 rings (SSSR count). The second-order valence-corrected chi connectivity index (χ2v) is 12.7. The van der Waals surface area contributed by atoms with Crippen LogP contribution in [0, 0.1) is 0 Å². The lowest BCUT2D eigenvalue weighted by Crippen LogP contribution is -2.73. The first-order valence-corrected chi connectivity index (χ1v) is 14.9. The highest BCUT2D eigenvalue weighted by atomic mass is 16.6. The van der Waals surface area contributed by atoms with Crippen molar-refractivity contribution in [3.63, 3.8) is 0 Å². The van der Waals surface area contributed by atoms with Crippen molar-refractivity contribution >= 4 is 36.8 Å². The average molecular weight is 606 g/mol. The molecule has 43 heavy (non-hydrogen) atoms. The van der Waals surface area contributed by atoms with Gasteiger partial charge in [-0.15, -0.1) is 0 Å². The summed E-state index contributed by atoms with van der Waals surface area (Å²) in [6.07, 6.45) is -0.0209. The van der Waals surface area contributed by atoms with Crippen molar-refractivity contribution < 1.29 is 48.2 Å². The van der Waals surface area contributed by atoms with E-state index < -0.39 is 66.1 Å². The number of likely N-dealkylation sites (tertiary alicyclic amines) is 1. The molecule has 8 atom stereocenters. The largest absolute Gasteiger partial charge is 0.475 e. The molecule has 0 aromatic carbocycles. The maximum Gasteiger partial charge on any atom is 0.475 e. The molecule has 0 saturated carbocycles. The maximum atomic E-state index is 13.3. The SMILES string of the molecule is C[C@@H](NC(=O)CN1CCN2CC(=O)OC3(CN4CCN5CC(=O)OC(C1)(C5)C3OC(=O)C4)C2)C(=O)N1CCC[C@H]1B(O)O. The van der Waals surface area contributed by atoms with Crippen LogP contribution < -0.4 is 5.32 Å². The van der Waals surface area contributed by atoms with Gasteiger partial charge in [0.25, 0.3) is 0 Å². The van der Waals surface area contributed by atoms with Gasteiger partial charge in [-0.05, 0) is 19.8 Å². The van der Waals surface area contributed by atoms with E-state index in [9.17, 15) is 34.0 Å². The molecule has 236 valence electrons. The van der Waals surface area contributed by atoms with Gasteiger partial charge in [0, 0.05) is 58.9 Å². The summed E-state index contributed by atoms with van der Waals surface area (Å²) in [7, 11) is -1.66. The third-order valence-corrected chi connectivity index (χ3v) is 9.37. The third kappa shape index (κ3) is 5.98. The molecule has 0 aliphatic carbocycles. The van der Waals surface area contributed by atoms with Crippen molar-refractivity contribution in [1.29, 1.82) is 0 Å². The Morgan fingerprint density at radius 1 is 0.884 bits per heavy atom. The lowest BCUT2D eigenvalue weighted by molar-refractivity contribution is -0.242. The van der Waals surface area contributed by atoms with Gasteiger partial charge in [-0.25, -0.2) is 0 Å². The van der Waals surface area contributed by atoms with Crippen LogP contribution in [0.4, 0.5) is 0 Å². The normalized spacial score (nSPS) is 38.4. The highest BCUT2D eigenvalue weighted by Crippen LogP contribution is 2.40. The molecule has 2 spiro atoms. The number of ether oxygens (including phenoxy) is 3. The fourth-order valence-corrected chi connectivity index (χ4v) is 7.71. The Kier molecular flexibility index (Phi) is 8.15. The van der Waals surface area contributed by atoms with Crippen LogP contribution in [-0.4, -0.2) is 186 Å². The van der Waals surface area contributed by atoms with Gasteiger partial charge in [-0.3, -0.25) is 43.6 Å². The molecular formula is C26H39BN6O10. The summed E-state index contributed by atoms with van der Waals surface area (Å²) in [5, 5.41) is 22.1. The van der Waals surface area contributed by atoms with E-state index in [2.05, 4.69) is 5.32 Å². The molecule has 0 radical (unpaired) electrons. The van der Waals surface area contributed by atoms with Gasteiger partial charge in [0.2, 0.25) is 11.8 Å². The molecule has 0 aromatic heterocycles. The quantitative estimate of drug-likeness (QED) is 0.154. The number of amides is 2. The number of carbonyl (C=O) groups is 5. The molecule has 16 nitrogen and oxygen atoms in total. The van der Waals surface area contributed by atoms with Crippen LogP contribution in [0.15, 0.2) is 0 Å². The van der Waals surface area contributed by atoms with Gasteiger partial charge < -0.3 is 34.5 Å². The summed E-state index contributed by atoms with van der Waals surface area (Å²) in [6.45, 7) is 4.30. The summed E-state index contributed by atoms with van der Waals surface area (Å²) in [5.74, 6) is -3.05. The van der Waals surface area contributed by atoms with Crippen LogP contribution in [0.3, 0.4) is 0 Å². The smallest absolute Gasteiger partial charge is 0.453 e. The molecule has 6 aliphatic heterocycles. The van der Waals surface area contributed by atoms with E-state index in [1.807, 2.05) is 14.7 Å². The van der Waals surface area contributed by atoms with E-state index in [1.54, 1.807) is 11.8 Å². The van der Waals surface area contributed by atoms with Crippen molar-refractivity contribution in [3.8, 4) is 0 Å². The highest BCUT2D eigenvalue weighted by molar-refractivity contribution is 6.43. The van der Waals surface area contributed by atoms with Crippen LogP contribution in [0.5, 0.6) is 0 Å². The number of hydrogen-bond acceptors (Lipinski definition) is 14. The van der Waals surface area contributed by atoms with E-state index in [0.717, 1.165) is 0 Å². The molecule has 6 saturated heterocycles. The van der Waals surface area contributed by atoms with Crippen LogP contribution in [0.25, 0.3) is 0 Å². The van der Waals surface area contributed by atoms with Crippen LogP contribution in [0.2, 0.25) is 0 Å². The zero-order valence-electron chi connectivity index (χ0n) is 24.3. The Hall–Kier alpha value is -2.83.